The quantitative estimate of drug-likeness (QED) is 0.700. The molecule has 3 rings (SSSR count). The molecule has 0 bridgehead atoms. The van der Waals surface area contributed by atoms with Crippen molar-refractivity contribution in [1.82, 2.24) is 25.1 Å². The number of rotatable bonds is 5. The predicted octanol–water partition coefficient (Wildman–Crippen LogP) is 1.84. The molecular weight excluding hydrogens is 377 g/mol. The lowest BCUT2D eigenvalue weighted by Crippen LogP contribution is -2.43. The third kappa shape index (κ3) is 4.65. The Labute approximate surface area is 159 Å². The van der Waals surface area contributed by atoms with Crippen LogP contribution in [0.25, 0.3) is 11.4 Å². The summed E-state index contributed by atoms with van der Waals surface area (Å²) in [6.07, 6.45) is -2.06. The topological polar surface area (TPSA) is 107 Å². The van der Waals surface area contributed by atoms with Gasteiger partial charge < -0.3 is 15.5 Å². The number of aliphatic hydroxyl groups excluding tert-OH is 1. The lowest BCUT2D eigenvalue weighted by atomic mass is 10.1. The molecule has 0 spiro atoms. The predicted molar refractivity (Wildman–Crippen MR) is 94.6 cm³/mol. The number of pyridine rings is 1. The van der Waals surface area contributed by atoms with Crippen molar-refractivity contribution < 1.29 is 23.4 Å². The molecule has 1 aliphatic rings. The highest BCUT2D eigenvalue weighted by molar-refractivity contribution is 5.64. The monoisotopic (exact) mass is 398 g/mol. The molecule has 3 N–H and O–H groups in total. The highest BCUT2D eigenvalue weighted by Gasteiger charge is 2.32. The summed E-state index contributed by atoms with van der Waals surface area (Å²) in [5.41, 5.74) is -0.662. The maximum Gasteiger partial charge on any atom is 0.418 e. The second-order valence-corrected chi connectivity index (χ2v) is 6.67. The molecule has 0 amide bonds. The fraction of sp³-hybridized carbons (Fsp3) is 0.529. The third-order valence-electron chi connectivity index (χ3n) is 4.54. The molecule has 1 atom stereocenters. The van der Waals surface area contributed by atoms with Crippen molar-refractivity contribution in [1.29, 1.82) is 0 Å². The molecule has 3 heterocycles. The summed E-state index contributed by atoms with van der Waals surface area (Å²) >= 11 is 0. The average Bonchev–Trinajstić information content (AvgIpc) is 2.62. The van der Waals surface area contributed by atoms with E-state index in [1.807, 2.05) is 0 Å². The number of piperidine rings is 1. The van der Waals surface area contributed by atoms with Gasteiger partial charge in [-0.2, -0.15) is 13.2 Å². The van der Waals surface area contributed by atoms with Crippen molar-refractivity contribution in [2.75, 3.05) is 31.6 Å². The zero-order valence-electron chi connectivity index (χ0n) is 15.2. The molecule has 0 aromatic carbocycles. The van der Waals surface area contributed by atoms with Crippen LogP contribution in [-0.4, -0.2) is 67.6 Å². The summed E-state index contributed by atoms with van der Waals surface area (Å²) in [5.74, 6) is -0.342. The third-order valence-corrected chi connectivity index (χ3v) is 4.54. The van der Waals surface area contributed by atoms with Crippen LogP contribution in [0.3, 0.4) is 0 Å². The van der Waals surface area contributed by atoms with Crippen molar-refractivity contribution in [3.05, 3.63) is 23.5 Å². The van der Waals surface area contributed by atoms with E-state index in [0.29, 0.717) is 30.5 Å². The number of aromatic nitrogens is 4. The van der Waals surface area contributed by atoms with Gasteiger partial charge in [0.2, 0.25) is 5.95 Å². The molecule has 152 valence electrons. The molecular formula is C17H21F3N6O2. The van der Waals surface area contributed by atoms with Crippen LogP contribution in [0.2, 0.25) is 0 Å². The number of hydrogen-bond acceptors (Lipinski definition) is 8. The van der Waals surface area contributed by atoms with Gasteiger partial charge in [-0.15, -0.1) is 10.2 Å². The van der Waals surface area contributed by atoms with Gasteiger partial charge in [0, 0.05) is 25.3 Å². The number of aliphatic hydroxyl groups is 1. The largest absolute Gasteiger partial charge is 0.506 e. The van der Waals surface area contributed by atoms with Gasteiger partial charge in [0.05, 0.1) is 17.9 Å². The standard InChI is InChI=1S/C17H21F3N6O2/c1-10-14(15-13(28)7-11(8-21-15)17(18,19)20)24-25-16(22-10)23-12-3-2-4-26(9-12)5-6-27/h7-8,12,27-28H,2-6,9H2,1H3,(H,22,23,25)/t12-/m1/s1. The van der Waals surface area contributed by atoms with Gasteiger partial charge in [0.25, 0.3) is 0 Å². The Balaban J connectivity index is 1.76. The number of halogens is 3. The molecule has 0 radical (unpaired) electrons. The van der Waals surface area contributed by atoms with Crippen LogP contribution in [0, 0.1) is 6.92 Å². The first-order valence-corrected chi connectivity index (χ1v) is 8.85. The van der Waals surface area contributed by atoms with E-state index in [9.17, 15) is 18.3 Å². The van der Waals surface area contributed by atoms with Gasteiger partial charge in [-0.1, -0.05) is 0 Å². The smallest absolute Gasteiger partial charge is 0.418 e. The molecule has 11 heteroatoms. The zero-order chi connectivity index (χ0) is 20.3. The minimum absolute atomic E-state index is 0.0994. The number of alkyl halides is 3. The maximum absolute atomic E-state index is 12.7. The van der Waals surface area contributed by atoms with E-state index in [0.717, 1.165) is 25.9 Å². The Hall–Kier alpha value is -2.53. The number of β-amino-alcohol motifs (C(OH)–C–C–N with tert-alkyl or cyclic N) is 1. The number of likely N-dealkylation sites (tertiary alicyclic amines) is 1. The van der Waals surface area contributed by atoms with Gasteiger partial charge in [-0.05, 0) is 32.4 Å². The first-order chi connectivity index (χ1) is 13.3. The molecule has 0 aliphatic carbocycles. The Bertz CT molecular complexity index is 831. The summed E-state index contributed by atoms with van der Waals surface area (Å²) in [6, 6.07) is 0.706. The number of nitrogens with one attached hydrogen (secondary N) is 1. The van der Waals surface area contributed by atoms with Gasteiger partial charge in [0.1, 0.15) is 17.1 Å². The molecule has 1 aliphatic heterocycles. The minimum atomic E-state index is -4.60. The van der Waals surface area contributed by atoms with E-state index in [1.54, 1.807) is 6.92 Å². The van der Waals surface area contributed by atoms with Gasteiger partial charge in [-0.25, -0.2) is 9.97 Å². The van der Waals surface area contributed by atoms with E-state index >= 15 is 0 Å². The Kier molecular flexibility index (Phi) is 5.94. The second-order valence-electron chi connectivity index (χ2n) is 6.67. The summed E-state index contributed by atoms with van der Waals surface area (Å²) in [5, 5.41) is 30.2. The Morgan fingerprint density at radius 2 is 2.07 bits per heavy atom. The molecule has 1 fully saturated rings. The van der Waals surface area contributed by atoms with Gasteiger partial charge >= 0.3 is 6.18 Å². The molecule has 2 aromatic rings. The SMILES string of the molecule is Cc1nc(N[C@@H]2CCCN(CCO)C2)nnc1-c1ncc(C(F)(F)F)cc1O. The Morgan fingerprint density at radius 1 is 1.29 bits per heavy atom. The normalized spacial score (nSPS) is 18.2. The van der Waals surface area contributed by atoms with Crippen LogP contribution in [0.1, 0.15) is 24.1 Å². The van der Waals surface area contributed by atoms with Crippen LogP contribution in [0.4, 0.5) is 19.1 Å². The van der Waals surface area contributed by atoms with Gasteiger partial charge in [-0.3, -0.25) is 4.90 Å². The lowest BCUT2D eigenvalue weighted by molar-refractivity contribution is -0.137. The summed E-state index contributed by atoms with van der Waals surface area (Å²) < 4.78 is 38.1. The number of hydrogen-bond donors (Lipinski definition) is 3. The lowest BCUT2D eigenvalue weighted by Gasteiger charge is -2.32. The number of nitrogens with zero attached hydrogens (tertiary/aromatic N) is 5. The highest BCUT2D eigenvalue weighted by Crippen LogP contribution is 2.34. The minimum Gasteiger partial charge on any atom is -0.506 e. The second kappa shape index (κ2) is 8.23. The fourth-order valence-electron chi connectivity index (χ4n) is 3.17. The van der Waals surface area contributed by atoms with Crippen molar-refractivity contribution in [3.8, 4) is 17.1 Å². The van der Waals surface area contributed by atoms with Crippen LogP contribution in [-0.2, 0) is 6.18 Å². The van der Waals surface area contributed by atoms with E-state index in [1.165, 1.54) is 0 Å². The molecule has 2 aromatic heterocycles. The average molecular weight is 398 g/mol. The molecule has 8 nitrogen and oxygen atoms in total. The van der Waals surface area contributed by atoms with E-state index < -0.39 is 17.5 Å². The fourth-order valence-corrected chi connectivity index (χ4v) is 3.17. The number of anilines is 1. The van der Waals surface area contributed by atoms with Crippen molar-refractivity contribution in [3.63, 3.8) is 0 Å². The van der Waals surface area contributed by atoms with E-state index in [2.05, 4.69) is 30.4 Å². The van der Waals surface area contributed by atoms with Crippen molar-refractivity contribution in [2.24, 2.45) is 0 Å². The first kappa shape index (κ1) is 20.2. The van der Waals surface area contributed by atoms with Crippen molar-refractivity contribution >= 4 is 5.95 Å². The van der Waals surface area contributed by atoms with Crippen LogP contribution in [0.15, 0.2) is 12.3 Å². The maximum atomic E-state index is 12.7. The highest BCUT2D eigenvalue weighted by atomic mass is 19.4. The van der Waals surface area contributed by atoms with Crippen LogP contribution >= 0.6 is 0 Å². The Morgan fingerprint density at radius 3 is 2.71 bits per heavy atom. The summed E-state index contributed by atoms with van der Waals surface area (Å²) in [7, 11) is 0. The van der Waals surface area contributed by atoms with Crippen molar-refractivity contribution in [2.45, 2.75) is 32.0 Å². The molecule has 0 saturated carbocycles. The van der Waals surface area contributed by atoms with Gasteiger partial charge in [0.15, 0.2) is 0 Å². The zero-order valence-corrected chi connectivity index (χ0v) is 15.2. The van der Waals surface area contributed by atoms with E-state index in [-0.39, 0.29) is 24.0 Å². The van der Waals surface area contributed by atoms with Crippen LogP contribution in [0.5, 0.6) is 5.75 Å². The summed E-state index contributed by atoms with van der Waals surface area (Å²) in [6.45, 7) is 3.99. The number of aromatic hydroxyl groups is 1. The number of aryl methyl sites for hydroxylation is 1. The molecule has 28 heavy (non-hydrogen) atoms. The first-order valence-electron chi connectivity index (χ1n) is 8.85. The molecule has 1 saturated heterocycles. The molecule has 0 unspecified atom stereocenters. The summed E-state index contributed by atoms with van der Waals surface area (Å²) in [4.78, 5) is 10.1. The van der Waals surface area contributed by atoms with Crippen LogP contribution < -0.4 is 5.32 Å². The van der Waals surface area contributed by atoms with E-state index in [4.69, 9.17) is 5.11 Å².